The van der Waals surface area contributed by atoms with Crippen LogP contribution in [0.25, 0.3) is 0 Å². The largest absolute Gasteiger partial charge is 0.383 e. The summed E-state index contributed by atoms with van der Waals surface area (Å²) in [6.07, 6.45) is 0. The fourth-order valence-electron chi connectivity index (χ4n) is 0.954. The second kappa shape index (κ2) is 4.38. The molecule has 1 aromatic rings. The lowest BCUT2D eigenvalue weighted by Gasteiger charge is -2.05. The molecule has 4 heteroatoms. The van der Waals surface area contributed by atoms with Gasteiger partial charge in [-0.15, -0.1) is 5.54 Å². The second-order valence-corrected chi connectivity index (χ2v) is 10.1. The Hall–Kier alpha value is -0.793. The number of hydrogen-bond acceptors (Lipinski definition) is 2. The summed E-state index contributed by atoms with van der Waals surface area (Å²) < 4.78 is 0.955. The average Bonchev–Trinajstić information content (AvgIpc) is 2.07. The van der Waals surface area contributed by atoms with E-state index in [0.29, 0.717) is 5.82 Å². The molecule has 0 aromatic carbocycles. The third-order valence-electron chi connectivity index (χ3n) is 1.75. The highest BCUT2D eigenvalue weighted by atomic mass is 79.9. The third kappa shape index (κ3) is 3.69. The Labute approximate surface area is 100 Å². The van der Waals surface area contributed by atoms with E-state index in [1.54, 1.807) is 0 Å². The number of rotatable bonds is 0. The van der Waals surface area contributed by atoms with Crippen molar-refractivity contribution in [3.05, 3.63) is 21.8 Å². The number of aryl methyl sites for hydroxylation is 1. The van der Waals surface area contributed by atoms with Gasteiger partial charge in [0.2, 0.25) is 0 Å². The second-order valence-electron chi connectivity index (χ2n) is 4.49. The van der Waals surface area contributed by atoms with Crippen molar-refractivity contribution in [2.75, 3.05) is 5.73 Å². The van der Waals surface area contributed by atoms with Crippen LogP contribution in [0.5, 0.6) is 0 Å². The Bertz CT molecular complexity index is 438. The van der Waals surface area contributed by atoms with Crippen LogP contribution in [0, 0.1) is 18.4 Å². The number of pyridine rings is 1. The van der Waals surface area contributed by atoms with E-state index in [-0.39, 0.29) is 0 Å². The van der Waals surface area contributed by atoms with Gasteiger partial charge in [-0.25, -0.2) is 4.98 Å². The van der Waals surface area contributed by atoms with Crippen LogP contribution in [-0.2, 0) is 0 Å². The molecule has 1 rings (SSSR count). The molecule has 80 valence electrons. The number of anilines is 1. The molecule has 0 aliphatic carbocycles. The summed E-state index contributed by atoms with van der Waals surface area (Å²) in [5.41, 5.74) is 10.8. The van der Waals surface area contributed by atoms with E-state index < -0.39 is 8.07 Å². The lowest BCUT2D eigenvalue weighted by molar-refractivity contribution is 1.18. The Morgan fingerprint density at radius 3 is 2.53 bits per heavy atom. The molecule has 0 spiro atoms. The van der Waals surface area contributed by atoms with Crippen LogP contribution in [0.3, 0.4) is 0 Å². The molecule has 15 heavy (non-hydrogen) atoms. The molecule has 0 aliphatic rings. The van der Waals surface area contributed by atoms with Gasteiger partial charge in [-0.3, -0.25) is 0 Å². The fraction of sp³-hybridized carbons (Fsp3) is 0.364. The molecule has 0 atom stereocenters. The van der Waals surface area contributed by atoms with Crippen molar-refractivity contribution in [3.63, 3.8) is 0 Å². The Kier molecular flexibility index (Phi) is 3.58. The lowest BCUT2D eigenvalue weighted by Crippen LogP contribution is -2.16. The molecule has 2 N–H and O–H groups in total. The Balaban J connectivity index is 3.15. The van der Waals surface area contributed by atoms with Crippen LogP contribution in [0.15, 0.2) is 10.5 Å². The zero-order chi connectivity index (χ0) is 11.6. The van der Waals surface area contributed by atoms with Gasteiger partial charge in [0.25, 0.3) is 0 Å². The van der Waals surface area contributed by atoms with Gasteiger partial charge >= 0.3 is 0 Å². The smallest absolute Gasteiger partial charge is 0.139 e. The van der Waals surface area contributed by atoms with Gasteiger partial charge in [0.15, 0.2) is 0 Å². The highest BCUT2D eigenvalue weighted by molar-refractivity contribution is 9.10. The molecule has 0 fully saturated rings. The van der Waals surface area contributed by atoms with E-state index in [1.165, 1.54) is 0 Å². The zero-order valence-electron chi connectivity index (χ0n) is 9.48. The first kappa shape index (κ1) is 12.3. The molecule has 0 bridgehead atoms. The number of hydrogen-bond donors (Lipinski definition) is 1. The van der Waals surface area contributed by atoms with E-state index in [2.05, 4.69) is 52.0 Å². The standard InChI is InChI=1S/C11H15BrN2Si/c1-8-10(12)7-9(11(13)14-8)5-6-15(2,3)4/h7H,1-4H3,(H2,13,14). The highest BCUT2D eigenvalue weighted by Crippen LogP contribution is 2.19. The summed E-state index contributed by atoms with van der Waals surface area (Å²) in [7, 11) is -1.35. The van der Waals surface area contributed by atoms with Crippen LogP contribution in [0.4, 0.5) is 5.82 Å². The maximum Gasteiger partial charge on any atom is 0.139 e. The van der Waals surface area contributed by atoms with E-state index >= 15 is 0 Å². The summed E-state index contributed by atoms with van der Waals surface area (Å²) in [5, 5.41) is 0. The number of nitrogens with zero attached hydrogens (tertiary/aromatic N) is 1. The predicted octanol–water partition coefficient (Wildman–Crippen LogP) is 2.96. The first-order chi connectivity index (χ1) is 6.79. The van der Waals surface area contributed by atoms with Crippen LogP contribution < -0.4 is 5.73 Å². The van der Waals surface area contributed by atoms with Crippen LogP contribution in [-0.4, -0.2) is 13.1 Å². The molecule has 0 saturated heterocycles. The third-order valence-corrected chi connectivity index (χ3v) is 3.43. The molecule has 2 nitrogen and oxygen atoms in total. The Morgan fingerprint density at radius 2 is 2.00 bits per heavy atom. The first-order valence-corrected chi connectivity index (χ1v) is 9.05. The SMILES string of the molecule is Cc1nc(N)c(C#C[Si](C)(C)C)cc1Br. The first-order valence-electron chi connectivity index (χ1n) is 4.75. The summed E-state index contributed by atoms with van der Waals surface area (Å²) >= 11 is 3.43. The molecule has 1 aromatic heterocycles. The van der Waals surface area contributed by atoms with Crippen molar-refractivity contribution >= 4 is 29.8 Å². The van der Waals surface area contributed by atoms with Crippen molar-refractivity contribution in [2.45, 2.75) is 26.6 Å². The molecule has 0 unspecified atom stereocenters. The molecular weight excluding hydrogens is 268 g/mol. The zero-order valence-corrected chi connectivity index (χ0v) is 12.1. The quantitative estimate of drug-likeness (QED) is 0.587. The monoisotopic (exact) mass is 282 g/mol. The van der Waals surface area contributed by atoms with Gasteiger partial charge in [0.1, 0.15) is 13.9 Å². The van der Waals surface area contributed by atoms with Gasteiger partial charge < -0.3 is 5.73 Å². The average molecular weight is 283 g/mol. The van der Waals surface area contributed by atoms with Gasteiger partial charge in [0.05, 0.1) is 11.3 Å². The summed E-state index contributed by atoms with van der Waals surface area (Å²) in [6.45, 7) is 8.52. The normalized spacial score (nSPS) is 10.7. The van der Waals surface area contributed by atoms with Crippen molar-refractivity contribution in [1.29, 1.82) is 0 Å². The van der Waals surface area contributed by atoms with E-state index in [0.717, 1.165) is 15.7 Å². The van der Waals surface area contributed by atoms with E-state index in [1.807, 2.05) is 13.0 Å². The summed E-state index contributed by atoms with van der Waals surface area (Å²) in [6, 6.07) is 1.94. The van der Waals surface area contributed by atoms with Crippen molar-refractivity contribution in [2.24, 2.45) is 0 Å². The summed E-state index contributed by atoms with van der Waals surface area (Å²) in [4.78, 5) is 4.22. The molecule has 1 heterocycles. The van der Waals surface area contributed by atoms with Gasteiger partial charge in [-0.2, -0.15) is 0 Å². The minimum Gasteiger partial charge on any atom is -0.383 e. The molecular formula is C11H15BrN2Si. The van der Waals surface area contributed by atoms with Crippen LogP contribution in [0.1, 0.15) is 11.3 Å². The van der Waals surface area contributed by atoms with Crippen molar-refractivity contribution in [3.8, 4) is 11.5 Å². The maximum atomic E-state index is 5.80. The van der Waals surface area contributed by atoms with Gasteiger partial charge in [-0.1, -0.05) is 25.6 Å². The minimum absolute atomic E-state index is 0.515. The lowest BCUT2D eigenvalue weighted by atomic mass is 10.2. The van der Waals surface area contributed by atoms with E-state index in [4.69, 9.17) is 5.73 Å². The number of nitrogen functional groups attached to an aromatic ring is 1. The predicted molar refractivity (Wildman–Crippen MR) is 71.3 cm³/mol. The topological polar surface area (TPSA) is 38.9 Å². The number of nitrogens with two attached hydrogens (primary N) is 1. The molecule has 0 radical (unpaired) electrons. The molecule has 0 aliphatic heterocycles. The van der Waals surface area contributed by atoms with Crippen LogP contribution in [0.2, 0.25) is 19.6 Å². The van der Waals surface area contributed by atoms with Crippen molar-refractivity contribution < 1.29 is 0 Å². The fourth-order valence-corrected chi connectivity index (χ4v) is 1.78. The minimum atomic E-state index is -1.35. The number of halogens is 1. The van der Waals surface area contributed by atoms with Gasteiger partial charge in [0, 0.05) is 4.47 Å². The number of aromatic nitrogens is 1. The maximum absolute atomic E-state index is 5.80. The molecule has 0 amide bonds. The molecule has 0 saturated carbocycles. The van der Waals surface area contributed by atoms with E-state index in [9.17, 15) is 0 Å². The van der Waals surface area contributed by atoms with Gasteiger partial charge in [-0.05, 0) is 28.9 Å². The summed E-state index contributed by atoms with van der Waals surface area (Å²) in [5.74, 6) is 3.63. The highest BCUT2D eigenvalue weighted by Gasteiger charge is 2.08. The van der Waals surface area contributed by atoms with Crippen LogP contribution >= 0.6 is 15.9 Å². The van der Waals surface area contributed by atoms with Crippen molar-refractivity contribution in [1.82, 2.24) is 4.98 Å². The Morgan fingerprint density at radius 1 is 1.40 bits per heavy atom.